The van der Waals surface area contributed by atoms with Crippen LogP contribution in [0.4, 0.5) is 5.82 Å². The average molecular weight is 432 g/mol. The van der Waals surface area contributed by atoms with Gasteiger partial charge in [-0.05, 0) is 56.3 Å². The van der Waals surface area contributed by atoms with Gasteiger partial charge >= 0.3 is 0 Å². The topological polar surface area (TPSA) is 98.4 Å². The van der Waals surface area contributed by atoms with Crippen molar-refractivity contribution in [3.8, 4) is 11.4 Å². The molecule has 0 amide bonds. The molecule has 1 aliphatic heterocycles. The first-order valence-electron chi connectivity index (χ1n) is 10.7. The standard InChI is InChI=1S/C23H25N7O2/c1-32-18-5-3-17(4-6-18)30-22(13-20(28-30)16-7-10-24-11-8-16)26-15-21(31)19-14-27-29-12-2-9-25-23(19)29/h2-6,9,12-14,16,24,26H,7-8,10-11,15H2,1H3. The van der Waals surface area contributed by atoms with Crippen LogP contribution in [-0.4, -0.2) is 56.9 Å². The predicted octanol–water partition coefficient (Wildman–Crippen LogP) is 2.69. The maximum absolute atomic E-state index is 12.9. The number of hydrogen-bond acceptors (Lipinski definition) is 7. The number of carbonyl (C=O) groups is 1. The van der Waals surface area contributed by atoms with E-state index in [4.69, 9.17) is 9.84 Å². The van der Waals surface area contributed by atoms with E-state index in [0.29, 0.717) is 17.1 Å². The molecule has 0 radical (unpaired) electrons. The number of hydrogen-bond donors (Lipinski definition) is 2. The van der Waals surface area contributed by atoms with Crippen LogP contribution >= 0.6 is 0 Å². The minimum atomic E-state index is -0.0791. The van der Waals surface area contributed by atoms with Crippen LogP contribution in [0, 0.1) is 0 Å². The van der Waals surface area contributed by atoms with Crippen molar-refractivity contribution in [2.45, 2.75) is 18.8 Å². The zero-order valence-electron chi connectivity index (χ0n) is 17.9. The highest BCUT2D eigenvalue weighted by Crippen LogP contribution is 2.28. The lowest BCUT2D eigenvalue weighted by atomic mass is 9.95. The van der Waals surface area contributed by atoms with Crippen molar-refractivity contribution in [1.82, 2.24) is 29.7 Å². The smallest absolute Gasteiger partial charge is 0.187 e. The normalized spacial score (nSPS) is 14.5. The van der Waals surface area contributed by atoms with Crippen molar-refractivity contribution in [3.05, 3.63) is 66.2 Å². The molecule has 164 valence electrons. The molecule has 3 aromatic heterocycles. The Morgan fingerprint density at radius 3 is 2.84 bits per heavy atom. The molecule has 4 aromatic rings. The molecule has 9 nitrogen and oxygen atoms in total. The monoisotopic (exact) mass is 431 g/mol. The van der Waals surface area contributed by atoms with Crippen LogP contribution in [0.2, 0.25) is 0 Å². The fourth-order valence-electron chi connectivity index (χ4n) is 4.05. The number of ketones is 1. The van der Waals surface area contributed by atoms with E-state index >= 15 is 0 Å². The van der Waals surface area contributed by atoms with E-state index in [0.717, 1.165) is 48.9 Å². The quantitative estimate of drug-likeness (QED) is 0.434. The number of benzene rings is 1. The molecule has 5 rings (SSSR count). The van der Waals surface area contributed by atoms with Gasteiger partial charge in [0.05, 0.1) is 36.8 Å². The van der Waals surface area contributed by atoms with E-state index in [1.165, 1.54) is 0 Å². The second-order valence-corrected chi connectivity index (χ2v) is 7.81. The first-order chi connectivity index (χ1) is 15.7. The third-order valence-electron chi connectivity index (χ3n) is 5.81. The van der Waals surface area contributed by atoms with Crippen LogP contribution in [0.1, 0.15) is 34.8 Å². The van der Waals surface area contributed by atoms with Gasteiger partial charge in [-0.25, -0.2) is 14.2 Å². The minimum Gasteiger partial charge on any atom is -0.497 e. The molecule has 0 aliphatic carbocycles. The molecule has 0 saturated carbocycles. The van der Waals surface area contributed by atoms with Crippen LogP contribution in [0.3, 0.4) is 0 Å². The van der Waals surface area contributed by atoms with E-state index < -0.39 is 0 Å². The fraction of sp³-hybridized carbons (Fsp3) is 0.304. The molecule has 4 heterocycles. The molecule has 1 fully saturated rings. The Labute approximate surface area is 185 Å². The fourth-order valence-corrected chi connectivity index (χ4v) is 4.05. The van der Waals surface area contributed by atoms with Crippen molar-refractivity contribution in [2.24, 2.45) is 0 Å². The summed E-state index contributed by atoms with van der Waals surface area (Å²) in [5, 5.41) is 15.8. The third-order valence-corrected chi connectivity index (χ3v) is 5.81. The number of nitrogens with zero attached hydrogens (tertiary/aromatic N) is 5. The minimum absolute atomic E-state index is 0.0791. The molecule has 0 atom stereocenters. The van der Waals surface area contributed by atoms with Gasteiger partial charge in [-0.1, -0.05) is 0 Å². The Balaban J connectivity index is 1.42. The molecule has 1 saturated heterocycles. The Kier molecular flexibility index (Phi) is 5.55. The van der Waals surface area contributed by atoms with E-state index in [1.807, 2.05) is 28.9 Å². The van der Waals surface area contributed by atoms with Gasteiger partial charge in [0.25, 0.3) is 0 Å². The number of nitrogens with one attached hydrogen (secondary N) is 2. The van der Waals surface area contributed by atoms with Crippen LogP contribution in [-0.2, 0) is 0 Å². The largest absolute Gasteiger partial charge is 0.497 e. The Bertz CT molecular complexity index is 1220. The summed E-state index contributed by atoms with van der Waals surface area (Å²) in [5.74, 6) is 1.88. The highest BCUT2D eigenvalue weighted by atomic mass is 16.5. The highest BCUT2D eigenvalue weighted by Gasteiger charge is 2.21. The Morgan fingerprint density at radius 2 is 2.06 bits per heavy atom. The lowest BCUT2D eigenvalue weighted by Crippen LogP contribution is -2.26. The molecule has 32 heavy (non-hydrogen) atoms. The number of aromatic nitrogens is 5. The summed E-state index contributed by atoms with van der Waals surface area (Å²) in [6.07, 6.45) is 7.09. The maximum Gasteiger partial charge on any atom is 0.187 e. The molecule has 0 unspecified atom stereocenters. The first-order valence-corrected chi connectivity index (χ1v) is 10.7. The SMILES string of the molecule is COc1ccc(-n2nc(C3CCNCC3)cc2NCC(=O)c2cnn3cccnc23)cc1. The van der Waals surface area contributed by atoms with Crippen molar-refractivity contribution in [2.75, 3.05) is 32.1 Å². The van der Waals surface area contributed by atoms with Crippen molar-refractivity contribution in [1.29, 1.82) is 0 Å². The molecule has 2 N–H and O–H groups in total. The molecular formula is C23H25N7O2. The number of Topliss-reactive ketones (excluding diaryl/α,β-unsaturated/α-hetero) is 1. The molecular weight excluding hydrogens is 406 g/mol. The van der Waals surface area contributed by atoms with Gasteiger partial charge < -0.3 is 15.4 Å². The number of fused-ring (bicyclic) bond motifs is 1. The number of piperidine rings is 1. The zero-order valence-corrected chi connectivity index (χ0v) is 17.9. The molecule has 1 aromatic carbocycles. The van der Waals surface area contributed by atoms with Gasteiger partial charge in [-0.2, -0.15) is 10.2 Å². The van der Waals surface area contributed by atoms with Crippen LogP contribution in [0.15, 0.2) is 55.0 Å². The third kappa shape index (κ3) is 3.94. The van der Waals surface area contributed by atoms with Crippen molar-refractivity contribution < 1.29 is 9.53 Å². The first kappa shape index (κ1) is 20.2. The van der Waals surface area contributed by atoms with E-state index in [1.54, 1.807) is 36.3 Å². The van der Waals surface area contributed by atoms with Crippen molar-refractivity contribution in [3.63, 3.8) is 0 Å². The highest BCUT2D eigenvalue weighted by molar-refractivity contribution is 6.03. The van der Waals surface area contributed by atoms with E-state index in [-0.39, 0.29) is 12.3 Å². The molecule has 0 bridgehead atoms. The average Bonchev–Trinajstić information content (AvgIpc) is 3.48. The van der Waals surface area contributed by atoms with E-state index in [2.05, 4.69) is 26.8 Å². The van der Waals surface area contributed by atoms with Gasteiger partial charge in [-0.15, -0.1) is 0 Å². The second-order valence-electron chi connectivity index (χ2n) is 7.81. The van der Waals surface area contributed by atoms with Gasteiger partial charge in [0, 0.05) is 24.4 Å². The summed E-state index contributed by atoms with van der Waals surface area (Å²) in [5.41, 5.74) is 2.99. The van der Waals surface area contributed by atoms with Gasteiger partial charge in [0.2, 0.25) is 0 Å². The number of rotatable bonds is 7. The van der Waals surface area contributed by atoms with Crippen molar-refractivity contribution >= 4 is 17.2 Å². The Hall–Kier alpha value is -3.72. The molecule has 9 heteroatoms. The molecule has 1 aliphatic rings. The number of anilines is 1. The van der Waals surface area contributed by atoms with Gasteiger partial charge in [0.1, 0.15) is 11.6 Å². The van der Waals surface area contributed by atoms with Crippen LogP contribution < -0.4 is 15.4 Å². The number of carbonyl (C=O) groups excluding carboxylic acids is 1. The van der Waals surface area contributed by atoms with Crippen LogP contribution in [0.25, 0.3) is 11.3 Å². The summed E-state index contributed by atoms with van der Waals surface area (Å²) >= 11 is 0. The summed E-state index contributed by atoms with van der Waals surface area (Å²) in [4.78, 5) is 17.2. The molecule has 0 spiro atoms. The summed E-state index contributed by atoms with van der Waals surface area (Å²) in [6, 6.07) is 11.6. The Morgan fingerprint density at radius 1 is 1.25 bits per heavy atom. The maximum atomic E-state index is 12.9. The second kappa shape index (κ2) is 8.80. The van der Waals surface area contributed by atoms with Gasteiger partial charge in [0.15, 0.2) is 11.4 Å². The summed E-state index contributed by atoms with van der Waals surface area (Å²) in [6.45, 7) is 2.09. The van der Waals surface area contributed by atoms with E-state index in [9.17, 15) is 4.79 Å². The number of methoxy groups -OCH3 is 1. The summed E-state index contributed by atoms with van der Waals surface area (Å²) in [7, 11) is 1.64. The van der Waals surface area contributed by atoms with Gasteiger partial charge in [-0.3, -0.25) is 4.79 Å². The number of ether oxygens (including phenoxy) is 1. The lowest BCUT2D eigenvalue weighted by Gasteiger charge is -2.20. The lowest BCUT2D eigenvalue weighted by molar-refractivity contribution is 0.101. The zero-order chi connectivity index (χ0) is 21.9. The van der Waals surface area contributed by atoms with Crippen LogP contribution in [0.5, 0.6) is 5.75 Å². The predicted molar refractivity (Wildman–Crippen MR) is 121 cm³/mol. The summed E-state index contributed by atoms with van der Waals surface area (Å²) < 4.78 is 8.74.